The van der Waals surface area contributed by atoms with Crippen LogP contribution in [0, 0.1) is 22.7 Å². The van der Waals surface area contributed by atoms with Crippen molar-refractivity contribution < 1.29 is 0 Å². The van der Waals surface area contributed by atoms with Crippen LogP contribution in [0.25, 0.3) is 22.6 Å². The monoisotopic (exact) mass is 699 g/mol. The number of aromatic amines is 2. The molecule has 0 amide bonds. The molecule has 2 N–H and O–H groups in total. The zero-order valence-corrected chi connectivity index (χ0v) is 29.2. The van der Waals surface area contributed by atoms with E-state index in [-0.39, 0.29) is 0 Å². The third kappa shape index (κ3) is 7.03. The van der Waals surface area contributed by atoms with E-state index in [1.165, 1.54) is 0 Å². The third-order valence-corrected chi connectivity index (χ3v) is 9.57. The van der Waals surface area contributed by atoms with Crippen molar-refractivity contribution in [2.24, 2.45) is 0 Å². The Morgan fingerprint density at radius 3 is 1.56 bits per heavy atom. The summed E-state index contributed by atoms with van der Waals surface area (Å²) in [6.07, 6.45) is 11.0. The molecule has 5 heterocycles. The van der Waals surface area contributed by atoms with Crippen LogP contribution in [-0.4, -0.2) is 34.9 Å². The smallest absolute Gasteiger partial charge is 0.125 e. The van der Waals surface area contributed by atoms with Crippen molar-refractivity contribution in [2.45, 2.75) is 24.7 Å². The second kappa shape index (κ2) is 15.0. The summed E-state index contributed by atoms with van der Waals surface area (Å²) < 4.78 is 0. The molecule has 9 nitrogen and oxygen atoms in total. The number of H-pyrrole nitrogens is 2. The van der Waals surface area contributed by atoms with Crippen LogP contribution >= 0.6 is 0 Å². The average Bonchev–Trinajstić information content (AvgIpc) is 3.92. The van der Waals surface area contributed by atoms with E-state index in [0.29, 0.717) is 42.0 Å². The molecule has 0 saturated carbocycles. The predicted molar refractivity (Wildman–Crippen MR) is 206 cm³/mol. The first-order valence-corrected chi connectivity index (χ1v) is 17.5. The summed E-state index contributed by atoms with van der Waals surface area (Å²) in [5, 5.41) is 18.6. The largest absolute Gasteiger partial charge is 0.344 e. The second-order valence-corrected chi connectivity index (χ2v) is 13.1. The Morgan fingerprint density at radius 2 is 1.04 bits per heavy atom. The fraction of sp³-hybridized carbons (Fsp3) is 0.0889. The number of aromatic nitrogens is 7. The van der Waals surface area contributed by atoms with Gasteiger partial charge < -0.3 is 9.97 Å². The van der Waals surface area contributed by atoms with Crippen LogP contribution in [-0.2, 0) is 24.7 Å². The van der Waals surface area contributed by atoms with Gasteiger partial charge in [0.1, 0.15) is 17.1 Å². The molecule has 0 aliphatic rings. The van der Waals surface area contributed by atoms with E-state index in [9.17, 15) is 10.5 Å². The number of nitriles is 2. The second-order valence-electron chi connectivity index (χ2n) is 13.1. The third-order valence-electron chi connectivity index (χ3n) is 9.57. The van der Waals surface area contributed by atoms with Gasteiger partial charge in [0.2, 0.25) is 0 Å². The van der Waals surface area contributed by atoms with E-state index in [1.807, 2.05) is 116 Å². The minimum Gasteiger partial charge on any atom is -0.344 e. The molecule has 0 bridgehead atoms. The number of hydrogen-bond acceptors (Lipinski definition) is 7. The maximum Gasteiger partial charge on any atom is 0.125 e. The number of rotatable bonds is 11. The molecule has 5 aromatic heterocycles. The Morgan fingerprint density at radius 1 is 0.481 bits per heavy atom. The van der Waals surface area contributed by atoms with Gasteiger partial charge in [-0.05, 0) is 77.2 Å². The molecule has 3 aromatic carbocycles. The Labute approximate surface area is 312 Å². The topological polar surface area (TPSA) is 144 Å². The number of nitrogens with one attached hydrogen (secondary N) is 2. The van der Waals surface area contributed by atoms with E-state index < -0.39 is 5.41 Å². The summed E-state index contributed by atoms with van der Waals surface area (Å²) in [7, 11) is 0. The summed E-state index contributed by atoms with van der Waals surface area (Å²) in [4.78, 5) is 31.8. The maximum absolute atomic E-state index is 9.31. The van der Waals surface area contributed by atoms with Crippen LogP contribution in [0.5, 0.6) is 0 Å². The molecule has 0 aliphatic heterocycles. The van der Waals surface area contributed by atoms with Crippen LogP contribution in [0.4, 0.5) is 0 Å². The highest BCUT2D eigenvalue weighted by molar-refractivity contribution is 5.59. The first kappa shape index (κ1) is 33.6. The normalized spacial score (nSPS) is 11.1. The molecular weight excluding hydrogens is 667 g/mol. The molecule has 0 aliphatic carbocycles. The summed E-state index contributed by atoms with van der Waals surface area (Å²) in [5.41, 5.74) is 9.56. The lowest BCUT2D eigenvalue weighted by Gasteiger charge is -2.31. The van der Waals surface area contributed by atoms with E-state index in [2.05, 4.69) is 57.4 Å². The molecule has 9 heteroatoms. The lowest BCUT2D eigenvalue weighted by Crippen LogP contribution is -2.35. The summed E-state index contributed by atoms with van der Waals surface area (Å²) in [5.74, 6) is 1.40. The quantitative estimate of drug-likeness (QED) is 0.139. The van der Waals surface area contributed by atoms with Crippen LogP contribution in [0.3, 0.4) is 0 Å². The van der Waals surface area contributed by atoms with E-state index in [4.69, 9.17) is 19.9 Å². The van der Waals surface area contributed by atoms with Gasteiger partial charge in [0.15, 0.2) is 0 Å². The lowest BCUT2D eigenvalue weighted by atomic mass is 9.74. The molecule has 0 atom stereocenters. The first-order chi connectivity index (χ1) is 26.6. The minimum atomic E-state index is -0.947. The number of benzene rings is 3. The van der Waals surface area contributed by atoms with E-state index in [1.54, 1.807) is 6.20 Å². The minimum absolute atomic E-state index is 0.466. The molecule has 258 valence electrons. The number of imidazole rings is 2. The van der Waals surface area contributed by atoms with Crippen LogP contribution in [0.1, 0.15) is 56.4 Å². The molecule has 8 rings (SSSR count). The summed E-state index contributed by atoms with van der Waals surface area (Å²) >= 11 is 0. The zero-order valence-electron chi connectivity index (χ0n) is 29.2. The van der Waals surface area contributed by atoms with Crippen molar-refractivity contribution in [1.29, 1.82) is 10.5 Å². The predicted octanol–water partition coefficient (Wildman–Crippen LogP) is 8.15. The van der Waals surface area contributed by atoms with Crippen molar-refractivity contribution in [3.05, 3.63) is 209 Å². The Balaban J connectivity index is 1.25. The lowest BCUT2D eigenvalue weighted by molar-refractivity contribution is 0.540. The van der Waals surface area contributed by atoms with Gasteiger partial charge in [-0.25, -0.2) is 9.97 Å². The number of hydrogen-bond donors (Lipinski definition) is 2. The molecule has 8 aromatic rings. The fourth-order valence-corrected chi connectivity index (χ4v) is 6.75. The van der Waals surface area contributed by atoms with Crippen LogP contribution in [0.15, 0.2) is 152 Å². The van der Waals surface area contributed by atoms with Gasteiger partial charge in [-0.1, -0.05) is 72.8 Å². The van der Waals surface area contributed by atoms with E-state index in [0.717, 1.165) is 56.3 Å². The van der Waals surface area contributed by atoms with Crippen molar-refractivity contribution >= 4 is 0 Å². The van der Waals surface area contributed by atoms with Crippen molar-refractivity contribution in [1.82, 2.24) is 34.9 Å². The van der Waals surface area contributed by atoms with Crippen molar-refractivity contribution in [3.8, 4) is 34.8 Å². The van der Waals surface area contributed by atoms with Crippen LogP contribution in [0.2, 0.25) is 0 Å². The molecule has 0 fully saturated rings. The average molecular weight is 700 g/mol. The number of nitrogens with zero attached hydrogens (tertiary/aromatic N) is 7. The highest BCUT2D eigenvalue weighted by atomic mass is 15.0. The SMILES string of the molecule is N#Cc1ccc(Cc2cnc(C(Cc3ccc(-c4ccccc4)nc3)(c3ccc(-c4ccccn4)nc3)c3ncc(Cc4ccc(C#N)cc4)[nH]3)[nH]2)cc1. The molecule has 0 radical (unpaired) electrons. The van der Waals surface area contributed by atoms with Gasteiger partial charge in [-0.15, -0.1) is 0 Å². The van der Waals surface area contributed by atoms with Gasteiger partial charge in [0.05, 0.1) is 40.3 Å². The summed E-state index contributed by atoms with van der Waals surface area (Å²) in [6, 6.07) is 43.7. The number of pyridine rings is 3. The Bertz CT molecular complexity index is 2460. The Hall–Kier alpha value is -7.49. The fourth-order valence-electron chi connectivity index (χ4n) is 6.75. The van der Waals surface area contributed by atoms with Gasteiger partial charge in [-0.3, -0.25) is 15.0 Å². The molecule has 0 spiro atoms. The van der Waals surface area contributed by atoms with Gasteiger partial charge in [0, 0.05) is 60.8 Å². The van der Waals surface area contributed by atoms with E-state index >= 15 is 0 Å². The highest BCUT2D eigenvalue weighted by Gasteiger charge is 2.43. The molecule has 0 saturated heterocycles. The maximum atomic E-state index is 9.31. The molecular formula is C45H33N9. The first-order valence-electron chi connectivity index (χ1n) is 17.5. The zero-order chi connectivity index (χ0) is 36.7. The van der Waals surface area contributed by atoms with Crippen molar-refractivity contribution in [2.75, 3.05) is 0 Å². The van der Waals surface area contributed by atoms with Crippen LogP contribution < -0.4 is 0 Å². The Kier molecular flexibility index (Phi) is 9.35. The molecule has 54 heavy (non-hydrogen) atoms. The summed E-state index contributed by atoms with van der Waals surface area (Å²) in [6.45, 7) is 0. The van der Waals surface area contributed by atoms with Gasteiger partial charge in [-0.2, -0.15) is 10.5 Å². The van der Waals surface area contributed by atoms with Gasteiger partial charge >= 0.3 is 0 Å². The highest BCUT2D eigenvalue weighted by Crippen LogP contribution is 2.40. The van der Waals surface area contributed by atoms with Crippen molar-refractivity contribution in [3.63, 3.8) is 0 Å². The molecule has 0 unspecified atom stereocenters. The standard InChI is InChI=1S/C45H33N9/c46-25-33-13-9-31(10-14-33)22-38-29-51-43(53-38)45(37-18-20-42(50-28-37)41-8-4-5-21-48-41,24-35-17-19-40(49-27-35)36-6-2-1-3-7-36)44-52-30-39(54-44)23-32-11-15-34(26-47)16-12-32/h1-21,27-30H,22-24H2,(H,51,53)(H,52,54). The van der Waals surface area contributed by atoms with Gasteiger partial charge in [0.25, 0.3) is 0 Å².